The van der Waals surface area contributed by atoms with E-state index in [-0.39, 0.29) is 12.4 Å². The van der Waals surface area contributed by atoms with E-state index < -0.39 is 12.2 Å². The molecule has 0 aromatic rings. The Kier molecular flexibility index (Phi) is 4.14. The lowest BCUT2D eigenvalue weighted by Gasteiger charge is -2.23. The molecular weight excluding hydrogens is 142 g/mol. The summed E-state index contributed by atoms with van der Waals surface area (Å²) in [5, 5.41) is 20.7. The molecular formula is C5H12ClNO2. The van der Waals surface area contributed by atoms with Crippen LogP contribution in [0.3, 0.4) is 0 Å². The largest absolute Gasteiger partial charge is 0.390 e. The van der Waals surface area contributed by atoms with Gasteiger partial charge in [0.15, 0.2) is 0 Å². The smallest absolute Gasteiger partial charge is 0.0923 e. The molecule has 0 amide bonds. The van der Waals surface area contributed by atoms with Gasteiger partial charge in [-0.3, -0.25) is 0 Å². The van der Waals surface area contributed by atoms with E-state index in [0.29, 0.717) is 13.0 Å². The fraction of sp³-hybridized carbons (Fsp3) is 1.00. The Bertz CT molecular complexity index is 71.4. The quantitative estimate of drug-likeness (QED) is 0.424. The number of nitrogens with one attached hydrogen (secondary N) is 1. The summed E-state index contributed by atoms with van der Waals surface area (Å²) >= 11 is 0. The molecule has 0 radical (unpaired) electrons. The highest BCUT2D eigenvalue weighted by atomic mass is 35.5. The van der Waals surface area contributed by atoms with Crippen LogP contribution in [0.5, 0.6) is 0 Å². The Labute approximate surface area is 60.5 Å². The summed E-state index contributed by atoms with van der Waals surface area (Å²) in [5.41, 5.74) is 0. The van der Waals surface area contributed by atoms with Gasteiger partial charge < -0.3 is 15.5 Å². The van der Waals surface area contributed by atoms with Gasteiger partial charge in [0.2, 0.25) is 0 Å². The Morgan fingerprint density at radius 1 is 1.22 bits per heavy atom. The third kappa shape index (κ3) is 2.49. The summed E-state index contributed by atoms with van der Waals surface area (Å²) in [4.78, 5) is 0. The first-order valence-corrected chi connectivity index (χ1v) is 2.87. The monoisotopic (exact) mass is 153 g/mol. The molecule has 1 rings (SSSR count). The van der Waals surface area contributed by atoms with E-state index >= 15 is 0 Å². The molecule has 4 heteroatoms. The molecule has 0 aromatic carbocycles. The normalized spacial score (nSPS) is 35.3. The average Bonchev–Trinajstić information content (AvgIpc) is 1.77. The summed E-state index contributed by atoms with van der Waals surface area (Å²) in [5.74, 6) is 0. The summed E-state index contributed by atoms with van der Waals surface area (Å²) in [6, 6.07) is 0. The van der Waals surface area contributed by atoms with Crippen LogP contribution < -0.4 is 5.32 Å². The molecule has 1 aliphatic rings. The lowest BCUT2D eigenvalue weighted by Crippen LogP contribution is -2.43. The van der Waals surface area contributed by atoms with Gasteiger partial charge in [-0.15, -0.1) is 12.4 Å². The van der Waals surface area contributed by atoms with Crippen molar-refractivity contribution >= 4 is 12.4 Å². The van der Waals surface area contributed by atoms with E-state index in [1.54, 1.807) is 0 Å². The maximum Gasteiger partial charge on any atom is 0.0923 e. The number of halogens is 1. The van der Waals surface area contributed by atoms with Gasteiger partial charge in [-0.1, -0.05) is 0 Å². The molecule has 3 nitrogen and oxygen atoms in total. The minimum absolute atomic E-state index is 0. The number of aliphatic hydroxyl groups excluding tert-OH is 2. The van der Waals surface area contributed by atoms with Crippen molar-refractivity contribution in [1.82, 2.24) is 5.32 Å². The van der Waals surface area contributed by atoms with Crippen LogP contribution in [-0.4, -0.2) is 35.5 Å². The van der Waals surface area contributed by atoms with Crippen molar-refractivity contribution < 1.29 is 10.2 Å². The van der Waals surface area contributed by atoms with Gasteiger partial charge in [0.25, 0.3) is 0 Å². The molecule has 0 bridgehead atoms. The zero-order valence-corrected chi connectivity index (χ0v) is 5.90. The van der Waals surface area contributed by atoms with Crippen LogP contribution >= 0.6 is 12.4 Å². The van der Waals surface area contributed by atoms with Crippen molar-refractivity contribution in [2.24, 2.45) is 0 Å². The number of hydrogen-bond donors (Lipinski definition) is 3. The molecule has 1 heterocycles. The summed E-state index contributed by atoms with van der Waals surface area (Å²) < 4.78 is 0. The minimum Gasteiger partial charge on any atom is -0.390 e. The van der Waals surface area contributed by atoms with Crippen LogP contribution in [0.1, 0.15) is 6.42 Å². The number of hydrogen-bond acceptors (Lipinski definition) is 3. The van der Waals surface area contributed by atoms with Crippen LogP contribution in [0.4, 0.5) is 0 Å². The fourth-order valence-electron chi connectivity index (χ4n) is 0.828. The third-order valence-corrected chi connectivity index (χ3v) is 1.41. The van der Waals surface area contributed by atoms with Crippen LogP contribution in [0.15, 0.2) is 0 Å². The second-order valence-electron chi connectivity index (χ2n) is 2.13. The van der Waals surface area contributed by atoms with Gasteiger partial charge in [-0.05, 0) is 13.0 Å². The van der Waals surface area contributed by atoms with Gasteiger partial charge in [-0.25, -0.2) is 0 Å². The summed E-state index contributed by atoms with van der Waals surface area (Å²) in [6.45, 7) is 1.35. The maximum absolute atomic E-state index is 8.89. The van der Waals surface area contributed by atoms with Gasteiger partial charge >= 0.3 is 0 Å². The molecule has 1 fully saturated rings. The SMILES string of the molecule is Cl.O[C@@H]1CNCC[C@@H]1O. The predicted molar refractivity (Wildman–Crippen MR) is 36.7 cm³/mol. The van der Waals surface area contributed by atoms with Gasteiger partial charge in [-0.2, -0.15) is 0 Å². The molecule has 3 N–H and O–H groups in total. The number of rotatable bonds is 0. The van der Waals surface area contributed by atoms with Crippen LogP contribution in [0.2, 0.25) is 0 Å². The number of β-amino-alcohol motifs (C(OH)–C–C–N with tert-alkyl or cyclic N) is 1. The Morgan fingerprint density at radius 2 is 1.89 bits per heavy atom. The van der Waals surface area contributed by atoms with Gasteiger partial charge in [0.1, 0.15) is 0 Å². The molecule has 56 valence electrons. The van der Waals surface area contributed by atoms with Crippen molar-refractivity contribution in [3.05, 3.63) is 0 Å². The van der Waals surface area contributed by atoms with E-state index in [9.17, 15) is 0 Å². The first kappa shape index (κ1) is 9.17. The average molecular weight is 154 g/mol. The van der Waals surface area contributed by atoms with E-state index in [0.717, 1.165) is 6.54 Å². The Morgan fingerprint density at radius 3 is 2.22 bits per heavy atom. The molecule has 9 heavy (non-hydrogen) atoms. The molecule has 0 unspecified atom stereocenters. The topological polar surface area (TPSA) is 52.5 Å². The second-order valence-corrected chi connectivity index (χ2v) is 2.13. The molecule has 0 saturated carbocycles. The minimum atomic E-state index is -0.552. The van der Waals surface area contributed by atoms with Crippen molar-refractivity contribution in [3.8, 4) is 0 Å². The van der Waals surface area contributed by atoms with E-state index in [1.165, 1.54) is 0 Å². The predicted octanol–water partition coefficient (Wildman–Crippen LogP) is -0.877. The van der Waals surface area contributed by atoms with Crippen LogP contribution in [-0.2, 0) is 0 Å². The van der Waals surface area contributed by atoms with Crippen molar-refractivity contribution in [2.75, 3.05) is 13.1 Å². The first-order valence-electron chi connectivity index (χ1n) is 2.87. The van der Waals surface area contributed by atoms with E-state index in [1.807, 2.05) is 0 Å². The summed E-state index contributed by atoms with van der Waals surface area (Å²) in [6.07, 6.45) is -0.388. The van der Waals surface area contributed by atoms with Crippen LogP contribution in [0.25, 0.3) is 0 Å². The zero-order chi connectivity index (χ0) is 5.98. The zero-order valence-electron chi connectivity index (χ0n) is 5.08. The lowest BCUT2D eigenvalue weighted by atomic mass is 10.1. The third-order valence-electron chi connectivity index (χ3n) is 1.41. The molecule has 0 spiro atoms. The number of aliphatic hydroxyl groups is 2. The lowest BCUT2D eigenvalue weighted by molar-refractivity contribution is 0.000433. The first-order chi connectivity index (χ1) is 3.80. The van der Waals surface area contributed by atoms with Crippen LogP contribution in [0, 0.1) is 0 Å². The Hall–Kier alpha value is 0.170. The van der Waals surface area contributed by atoms with Gasteiger partial charge in [0.05, 0.1) is 12.2 Å². The molecule has 0 aromatic heterocycles. The van der Waals surface area contributed by atoms with E-state index in [2.05, 4.69) is 5.32 Å². The van der Waals surface area contributed by atoms with Crippen molar-refractivity contribution in [1.29, 1.82) is 0 Å². The van der Waals surface area contributed by atoms with Crippen molar-refractivity contribution in [2.45, 2.75) is 18.6 Å². The molecule has 0 aliphatic carbocycles. The highest BCUT2D eigenvalue weighted by molar-refractivity contribution is 5.85. The van der Waals surface area contributed by atoms with Crippen molar-refractivity contribution in [3.63, 3.8) is 0 Å². The maximum atomic E-state index is 8.89. The Balaban J connectivity index is 0.000000640. The standard InChI is InChI=1S/C5H11NO2.ClH/c7-4-1-2-6-3-5(4)8;/h4-8H,1-3H2;1H/t4-,5+;/m0./s1. The molecule has 2 atom stereocenters. The molecule has 1 saturated heterocycles. The summed E-state index contributed by atoms with van der Waals surface area (Å²) in [7, 11) is 0. The molecule has 1 aliphatic heterocycles. The number of piperidine rings is 1. The highest BCUT2D eigenvalue weighted by Crippen LogP contribution is 2.01. The highest BCUT2D eigenvalue weighted by Gasteiger charge is 2.18. The van der Waals surface area contributed by atoms with E-state index in [4.69, 9.17) is 10.2 Å². The second kappa shape index (κ2) is 4.06. The van der Waals surface area contributed by atoms with Gasteiger partial charge in [0, 0.05) is 6.54 Å². The fourth-order valence-corrected chi connectivity index (χ4v) is 0.828.